The number of nitrogens with one attached hydrogen (secondary N) is 1. The average molecular weight is 391 g/mol. The number of rotatable bonds is 5. The van der Waals surface area contributed by atoms with Crippen LogP contribution in [-0.2, 0) is 19.6 Å². The van der Waals surface area contributed by atoms with Crippen molar-refractivity contribution in [3.05, 3.63) is 23.2 Å². The van der Waals surface area contributed by atoms with Crippen molar-refractivity contribution in [2.75, 3.05) is 32.9 Å². The minimum absolute atomic E-state index is 0.0859. The molecule has 0 bridgehead atoms. The van der Waals surface area contributed by atoms with Crippen molar-refractivity contribution < 1.29 is 22.7 Å². The molecular weight excluding hydrogens is 368 g/mol. The molecule has 1 amide bonds. The summed E-state index contributed by atoms with van der Waals surface area (Å²) in [5.74, 6) is -0.131. The fourth-order valence-corrected chi connectivity index (χ4v) is 4.14. The molecule has 9 heteroatoms. The molecule has 1 aliphatic rings. The summed E-state index contributed by atoms with van der Waals surface area (Å²) >= 11 is 5.94. The van der Waals surface area contributed by atoms with Gasteiger partial charge in [0.05, 0.1) is 13.2 Å². The zero-order valence-electron chi connectivity index (χ0n) is 14.5. The van der Waals surface area contributed by atoms with E-state index >= 15 is 0 Å². The first-order valence-corrected chi connectivity index (χ1v) is 9.76. The molecule has 0 atom stereocenters. The zero-order chi connectivity index (χ0) is 18.7. The lowest BCUT2D eigenvalue weighted by atomic mass is 10.1. The number of hydrogen-bond acceptors (Lipinski definition) is 5. The molecule has 0 aromatic heterocycles. The van der Waals surface area contributed by atoms with E-state index in [1.165, 1.54) is 18.2 Å². The minimum Gasteiger partial charge on any atom is -0.482 e. The Hall–Kier alpha value is -1.35. The van der Waals surface area contributed by atoms with E-state index < -0.39 is 15.6 Å². The average Bonchev–Trinajstić information content (AvgIpc) is 2.52. The van der Waals surface area contributed by atoms with Crippen molar-refractivity contribution >= 4 is 27.5 Å². The van der Waals surface area contributed by atoms with E-state index in [4.69, 9.17) is 21.1 Å². The van der Waals surface area contributed by atoms with Crippen molar-refractivity contribution in [3.8, 4) is 5.75 Å². The fraction of sp³-hybridized carbons (Fsp3) is 0.562. The second kappa shape index (κ2) is 7.90. The van der Waals surface area contributed by atoms with E-state index in [9.17, 15) is 13.2 Å². The molecule has 7 nitrogen and oxygen atoms in total. The SMILES string of the molecule is CC(C)(C)NS(=O)(=O)c1cc(Cl)ccc1OCC(=O)N1CCOCC1. The predicted octanol–water partition coefficient (Wildman–Crippen LogP) is 1.65. The summed E-state index contributed by atoms with van der Waals surface area (Å²) in [6.07, 6.45) is 0. The molecule has 0 aliphatic carbocycles. The predicted molar refractivity (Wildman–Crippen MR) is 94.4 cm³/mol. The third-order valence-electron chi connectivity index (χ3n) is 3.35. The van der Waals surface area contributed by atoms with Gasteiger partial charge in [-0.1, -0.05) is 11.6 Å². The molecule has 1 saturated heterocycles. The molecule has 0 unspecified atom stereocenters. The van der Waals surface area contributed by atoms with Gasteiger partial charge in [-0.25, -0.2) is 13.1 Å². The number of morpholine rings is 1. The van der Waals surface area contributed by atoms with Crippen LogP contribution in [0.1, 0.15) is 20.8 Å². The summed E-state index contributed by atoms with van der Waals surface area (Å²) in [6.45, 7) is 6.93. The second-order valence-electron chi connectivity index (χ2n) is 6.73. The van der Waals surface area contributed by atoms with Crippen LogP contribution >= 0.6 is 11.6 Å². The Balaban J connectivity index is 2.17. The Morgan fingerprint density at radius 2 is 1.96 bits per heavy atom. The summed E-state index contributed by atoms with van der Waals surface area (Å²) in [4.78, 5) is 13.7. The standard InChI is InChI=1S/C16H23ClN2O5S/c1-16(2,3)18-25(21,22)14-10-12(17)4-5-13(14)24-11-15(20)19-6-8-23-9-7-19/h4-5,10,18H,6-9,11H2,1-3H3. The van der Waals surface area contributed by atoms with Gasteiger partial charge in [0.2, 0.25) is 10.0 Å². The topological polar surface area (TPSA) is 84.9 Å². The number of hydrogen-bond donors (Lipinski definition) is 1. The van der Waals surface area contributed by atoms with Crippen molar-refractivity contribution in [1.82, 2.24) is 9.62 Å². The highest BCUT2D eigenvalue weighted by Crippen LogP contribution is 2.28. The third kappa shape index (κ3) is 5.85. The van der Waals surface area contributed by atoms with Crippen molar-refractivity contribution in [2.45, 2.75) is 31.2 Å². The molecule has 1 N–H and O–H groups in total. The highest BCUT2D eigenvalue weighted by atomic mass is 35.5. The van der Waals surface area contributed by atoms with Gasteiger partial charge in [0.25, 0.3) is 5.91 Å². The summed E-state index contributed by atoms with van der Waals surface area (Å²) in [6, 6.07) is 4.28. The number of nitrogens with zero attached hydrogens (tertiary/aromatic N) is 1. The van der Waals surface area contributed by atoms with Gasteiger partial charge >= 0.3 is 0 Å². The Morgan fingerprint density at radius 1 is 1.32 bits per heavy atom. The number of carbonyl (C=O) groups is 1. The maximum absolute atomic E-state index is 12.6. The van der Waals surface area contributed by atoms with Crippen molar-refractivity contribution in [1.29, 1.82) is 0 Å². The monoisotopic (exact) mass is 390 g/mol. The summed E-state index contributed by atoms with van der Waals surface area (Å²) < 4.78 is 38.5. The van der Waals surface area contributed by atoms with Gasteiger partial charge in [-0.15, -0.1) is 0 Å². The molecule has 1 aromatic rings. The Labute approximate surface area is 153 Å². The molecule has 2 rings (SSSR count). The number of sulfonamides is 1. The lowest BCUT2D eigenvalue weighted by molar-refractivity contribution is -0.137. The fourth-order valence-electron chi connectivity index (χ4n) is 2.31. The second-order valence-corrected chi connectivity index (χ2v) is 8.82. The van der Waals surface area contributed by atoms with Gasteiger partial charge in [0.15, 0.2) is 6.61 Å². The summed E-state index contributed by atoms with van der Waals surface area (Å²) in [5.41, 5.74) is -0.665. The molecular formula is C16H23ClN2O5S. The molecule has 140 valence electrons. The van der Waals surface area contributed by atoms with Crippen LogP contribution in [0.3, 0.4) is 0 Å². The third-order valence-corrected chi connectivity index (χ3v) is 5.37. The van der Waals surface area contributed by atoms with Crippen LogP contribution in [0.2, 0.25) is 5.02 Å². The maximum Gasteiger partial charge on any atom is 0.260 e. The number of halogens is 1. The summed E-state index contributed by atoms with van der Waals surface area (Å²) in [7, 11) is -3.85. The normalized spacial score (nSPS) is 15.9. The first-order valence-electron chi connectivity index (χ1n) is 7.90. The highest BCUT2D eigenvalue weighted by Gasteiger charge is 2.26. The number of ether oxygens (including phenoxy) is 2. The minimum atomic E-state index is -3.85. The lowest BCUT2D eigenvalue weighted by Crippen LogP contribution is -2.43. The molecule has 1 aliphatic heterocycles. The van der Waals surface area contributed by atoms with E-state index in [0.717, 1.165) is 0 Å². The van der Waals surface area contributed by atoms with Crippen LogP contribution in [0.25, 0.3) is 0 Å². The molecule has 0 spiro atoms. The first-order chi connectivity index (χ1) is 11.6. The largest absolute Gasteiger partial charge is 0.482 e. The van der Waals surface area contributed by atoms with Crippen molar-refractivity contribution in [3.63, 3.8) is 0 Å². The van der Waals surface area contributed by atoms with Gasteiger partial charge < -0.3 is 14.4 Å². The number of amides is 1. The Morgan fingerprint density at radius 3 is 2.56 bits per heavy atom. The van der Waals surface area contributed by atoms with E-state index in [0.29, 0.717) is 26.3 Å². The molecule has 25 heavy (non-hydrogen) atoms. The molecule has 0 saturated carbocycles. The van der Waals surface area contributed by atoms with Gasteiger partial charge in [0, 0.05) is 23.7 Å². The molecule has 1 heterocycles. The molecule has 0 radical (unpaired) electrons. The number of carbonyl (C=O) groups excluding carboxylic acids is 1. The highest BCUT2D eigenvalue weighted by molar-refractivity contribution is 7.89. The smallest absolute Gasteiger partial charge is 0.260 e. The lowest BCUT2D eigenvalue weighted by Gasteiger charge is -2.27. The van der Waals surface area contributed by atoms with Crippen molar-refractivity contribution in [2.24, 2.45) is 0 Å². The summed E-state index contributed by atoms with van der Waals surface area (Å²) in [5, 5.41) is 0.265. The maximum atomic E-state index is 12.6. The van der Waals surface area contributed by atoms with Crippen LogP contribution in [-0.4, -0.2) is 57.7 Å². The van der Waals surface area contributed by atoms with Gasteiger partial charge in [-0.3, -0.25) is 4.79 Å². The quantitative estimate of drug-likeness (QED) is 0.826. The molecule has 1 fully saturated rings. The van der Waals surface area contributed by atoms with E-state index in [1.54, 1.807) is 25.7 Å². The van der Waals surface area contributed by atoms with Crippen LogP contribution in [0, 0.1) is 0 Å². The van der Waals surface area contributed by atoms with E-state index in [1.807, 2.05) is 0 Å². The van der Waals surface area contributed by atoms with Gasteiger partial charge in [0.1, 0.15) is 10.6 Å². The Bertz CT molecular complexity index is 725. The first kappa shape index (κ1) is 20.0. The van der Waals surface area contributed by atoms with E-state index in [-0.39, 0.29) is 28.2 Å². The van der Waals surface area contributed by atoms with Crippen LogP contribution < -0.4 is 9.46 Å². The van der Waals surface area contributed by atoms with Gasteiger partial charge in [-0.2, -0.15) is 0 Å². The Kier molecular flexibility index (Phi) is 6.31. The zero-order valence-corrected chi connectivity index (χ0v) is 16.1. The van der Waals surface area contributed by atoms with E-state index in [2.05, 4.69) is 4.72 Å². The van der Waals surface area contributed by atoms with Crippen LogP contribution in [0.4, 0.5) is 0 Å². The van der Waals surface area contributed by atoms with Gasteiger partial charge in [-0.05, 0) is 39.0 Å². The molecule has 1 aromatic carbocycles. The number of benzene rings is 1. The van der Waals surface area contributed by atoms with Crippen LogP contribution in [0.15, 0.2) is 23.1 Å². The van der Waals surface area contributed by atoms with Crippen LogP contribution in [0.5, 0.6) is 5.75 Å².